The Bertz CT molecular complexity index is 1370. The molecule has 3 aromatic rings. The van der Waals surface area contributed by atoms with E-state index in [-0.39, 0.29) is 30.1 Å². The van der Waals surface area contributed by atoms with Crippen LogP contribution in [0.3, 0.4) is 0 Å². The Kier molecular flexibility index (Phi) is 6.69. The summed E-state index contributed by atoms with van der Waals surface area (Å²) in [5.41, 5.74) is 5.60. The van der Waals surface area contributed by atoms with Gasteiger partial charge in [0.05, 0.1) is 11.8 Å². The first kappa shape index (κ1) is 23.9. The molecule has 0 saturated heterocycles. The van der Waals surface area contributed by atoms with Gasteiger partial charge < -0.3 is 5.32 Å². The molecule has 2 amide bonds. The molecule has 0 fully saturated rings. The minimum absolute atomic E-state index is 0.00797. The van der Waals surface area contributed by atoms with E-state index in [4.69, 9.17) is 5.10 Å². The zero-order valence-electron chi connectivity index (χ0n) is 19.9. The maximum atomic E-state index is 13.6. The van der Waals surface area contributed by atoms with Crippen LogP contribution in [0.1, 0.15) is 41.1 Å². The van der Waals surface area contributed by atoms with Gasteiger partial charge in [-0.15, -0.1) is 0 Å². The largest absolute Gasteiger partial charge is 0.326 e. The molecule has 0 aromatic heterocycles. The highest BCUT2D eigenvalue weighted by atomic mass is 32.2. The molecule has 5 rings (SSSR count). The van der Waals surface area contributed by atoms with Gasteiger partial charge in [0.2, 0.25) is 5.91 Å². The SMILES string of the molecule is Cc1ccc(C2=NN(C3=NC(=O)C(CC(=O)Nc4cccc(C)c4)S3)C(c3ccc(F)cc3)C2)cc1. The number of anilines is 1. The van der Waals surface area contributed by atoms with Gasteiger partial charge in [0.15, 0.2) is 5.17 Å². The number of carbonyl (C=O) groups is 2. The quantitative estimate of drug-likeness (QED) is 0.493. The Labute approximate surface area is 213 Å². The minimum Gasteiger partial charge on any atom is -0.326 e. The predicted molar refractivity (Wildman–Crippen MR) is 142 cm³/mol. The Balaban J connectivity index is 1.35. The number of hydrogen-bond donors (Lipinski definition) is 1. The number of halogens is 1. The second-order valence-electron chi connectivity index (χ2n) is 8.99. The van der Waals surface area contributed by atoms with E-state index in [1.54, 1.807) is 17.1 Å². The van der Waals surface area contributed by atoms with Crippen molar-refractivity contribution in [3.8, 4) is 0 Å². The van der Waals surface area contributed by atoms with Crippen molar-refractivity contribution in [3.05, 3.63) is 101 Å². The number of amidine groups is 1. The van der Waals surface area contributed by atoms with Crippen molar-refractivity contribution < 1.29 is 14.0 Å². The maximum Gasteiger partial charge on any atom is 0.262 e. The molecule has 0 radical (unpaired) electrons. The van der Waals surface area contributed by atoms with Gasteiger partial charge in [-0.3, -0.25) is 9.59 Å². The van der Waals surface area contributed by atoms with Crippen molar-refractivity contribution in [2.75, 3.05) is 5.32 Å². The highest BCUT2D eigenvalue weighted by molar-refractivity contribution is 8.15. The lowest BCUT2D eigenvalue weighted by Gasteiger charge is -2.23. The maximum absolute atomic E-state index is 13.6. The van der Waals surface area contributed by atoms with Crippen molar-refractivity contribution in [2.45, 2.75) is 38.0 Å². The van der Waals surface area contributed by atoms with Gasteiger partial charge in [-0.1, -0.05) is 65.9 Å². The Morgan fingerprint density at radius 2 is 1.81 bits per heavy atom. The first-order chi connectivity index (χ1) is 17.4. The van der Waals surface area contributed by atoms with Crippen LogP contribution in [0.15, 0.2) is 82.9 Å². The number of benzene rings is 3. The summed E-state index contributed by atoms with van der Waals surface area (Å²) in [5.74, 6) is -0.917. The highest BCUT2D eigenvalue weighted by Crippen LogP contribution is 2.38. The fourth-order valence-corrected chi connectivity index (χ4v) is 5.32. The standard InChI is InChI=1S/C28H25FN4O2S/c1-17-6-8-19(9-7-17)23-15-24(20-10-12-21(29)13-11-20)33(32-23)28-31-27(35)25(36-28)16-26(34)30-22-5-3-4-18(2)14-22/h3-14,24-25H,15-16H2,1-2H3,(H,30,34). The number of aryl methyl sites for hydroxylation is 2. The van der Waals surface area contributed by atoms with E-state index >= 15 is 0 Å². The fraction of sp³-hybridized carbons (Fsp3) is 0.214. The van der Waals surface area contributed by atoms with Crippen molar-refractivity contribution in [3.63, 3.8) is 0 Å². The van der Waals surface area contributed by atoms with Crippen molar-refractivity contribution in [1.82, 2.24) is 5.01 Å². The highest BCUT2D eigenvalue weighted by Gasteiger charge is 2.39. The number of carbonyl (C=O) groups excluding carboxylic acids is 2. The van der Waals surface area contributed by atoms with Crippen LogP contribution < -0.4 is 5.32 Å². The smallest absolute Gasteiger partial charge is 0.262 e. The molecule has 2 unspecified atom stereocenters. The van der Waals surface area contributed by atoms with Gasteiger partial charge in [-0.2, -0.15) is 10.1 Å². The zero-order chi connectivity index (χ0) is 25.2. The molecule has 2 aliphatic rings. The average Bonchev–Trinajstić information content (AvgIpc) is 3.44. The molecule has 0 bridgehead atoms. The zero-order valence-corrected chi connectivity index (χ0v) is 20.8. The lowest BCUT2D eigenvalue weighted by atomic mass is 9.98. The lowest BCUT2D eigenvalue weighted by molar-refractivity contribution is -0.121. The Morgan fingerprint density at radius 1 is 1.06 bits per heavy atom. The van der Waals surface area contributed by atoms with E-state index in [1.807, 2.05) is 62.4 Å². The second-order valence-corrected chi connectivity index (χ2v) is 10.2. The molecular weight excluding hydrogens is 475 g/mol. The van der Waals surface area contributed by atoms with Gasteiger partial charge in [-0.05, 0) is 54.8 Å². The first-order valence-electron chi connectivity index (χ1n) is 11.7. The molecule has 0 aliphatic carbocycles. The van der Waals surface area contributed by atoms with Gasteiger partial charge in [0, 0.05) is 18.5 Å². The molecule has 36 heavy (non-hydrogen) atoms. The number of nitrogens with zero attached hydrogens (tertiary/aromatic N) is 3. The Hall–Kier alpha value is -3.78. The molecule has 6 nitrogen and oxygen atoms in total. The normalized spacial score (nSPS) is 19.3. The molecule has 0 saturated carbocycles. The van der Waals surface area contributed by atoms with Gasteiger partial charge in [0.25, 0.3) is 5.91 Å². The van der Waals surface area contributed by atoms with E-state index < -0.39 is 5.25 Å². The topological polar surface area (TPSA) is 74.1 Å². The molecular formula is C28H25FN4O2S. The van der Waals surface area contributed by atoms with Gasteiger partial charge in [-0.25, -0.2) is 9.40 Å². The van der Waals surface area contributed by atoms with E-state index in [2.05, 4.69) is 10.3 Å². The Morgan fingerprint density at radius 3 is 2.53 bits per heavy atom. The molecule has 2 heterocycles. The predicted octanol–water partition coefficient (Wildman–Crippen LogP) is 5.62. The molecule has 1 N–H and O–H groups in total. The third-order valence-corrected chi connectivity index (χ3v) is 7.29. The molecule has 0 spiro atoms. The van der Waals surface area contributed by atoms with Crippen LogP contribution in [0.25, 0.3) is 0 Å². The average molecular weight is 501 g/mol. The summed E-state index contributed by atoms with van der Waals surface area (Å²) in [6.07, 6.45) is 0.592. The van der Waals surface area contributed by atoms with Gasteiger partial charge >= 0.3 is 0 Å². The summed E-state index contributed by atoms with van der Waals surface area (Å²) in [7, 11) is 0. The number of amides is 2. The number of aliphatic imine (C=N–C) groups is 1. The summed E-state index contributed by atoms with van der Waals surface area (Å²) in [6, 6.07) is 21.7. The van der Waals surface area contributed by atoms with Crippen molar-refractivity contribution >= 4 is 40.1 Å². The molecule has 182 valence electrons. The van der Waals surface area contributed by atoms with Gasteiger partial charge in [0.1, 0.15) is 11.1 Å². The van der Waals surface area contributed by atoms with Crippen LogP contribution >= 0.6 is 11.8 Å². The van der Waals surface area contributed by atoms with Crippen molar-refractivity contribution in [1.29, 1.82) is 0 Å². The third kappa shape index (κ3) is 5.23. The number of rotatable bonds is 5. The summed E-state index contributed by atoms with van der Waals surface area (Å²) in [5, 5.41) is 9.24. The van der Waals surface area contributed by atoms with E-state index in [1.165, 1.54) is 23.9 Å². The molecule has 8 heteroatoms. The number of nitrogens with one attached hydrogen (secondary N) is 1. The van der Waals surface area contributed by atoms with Crippen LogP contribution in [0, 0.1) is 19.7 Å². The van der Waals surface area contributed by atoms with Crippen LogP contribution in [0.4, 0.5) is 10.1 Å². The van der Waals surface area contributed by atoms with Crippen LogP contribution in [0.5, 0.6) is 0 Å². The van der Waals surface area contributed by atoms with E-state index in [0.29, 0.717) is 17.3 Å². The molecule has 2 atom stereocenters. The van der Waals surface area contributed by atoms with Crippen LogP contribution in [-0.2, 0) is 9.59 Å². The summed E-state index contributed by atoms with van der Waals surface area (Å²) in [6.45, 7) is 3.98. The first-order valence-corrected chi connectivity index (χ1v) is 12.6. The van der Waals surface area contributed by atoms with Crippen molar-refractivity contribution in [2.24, 2.45) is 10.1 Å². The molecule has 3 aromatic carbocycles. The minimum atomic E-state index is -0.627. The summed E-state index contributed by atoms with van der Waals surface area (Å²) < 4.78 is 13.6. The van der Waals surface area contributed by atoms with E-state index in [9.17, 15) is 14.0 Å². The number of hydrazone groups is 1. The second kappa shape index (κ2) is 10.1. The van der Waals surface area contributed by atoms with Crippen LogP contribution in [-0.4, -0.2) is 33.0 Å². The summed E-state index contributed by atoms with van der Waals surface area (Å²) in [4.78, 5) is 29.6. The fourth-order valence-electron chi connectivity index (χ4n) is 4.26. The number of thioether (sulfide) groups is 1. The number of hydrogen-bond acceptors (Lipinski definition) is 5. The van der Waals surface area contributed by atoms with Crippen LogP contribution in [0.2, 0.25) is 0 Å². The lowest BCUT2D eigenvalue weighted by Crippen LogP contribution is -2.25. The van der Waals surface area contributed by atoms with E-state index in [0.717, 1.165) is 28.0 Å². The third-order valence-electron chi connectivity index (χ3n) is 6.15. The summed E-state index contributed by atoms with van der Waals surface area (Å²) >= 11 is 1.24. The monoisotopic (exact) mass is 500 g/mol. The molecule has 2 aliphatic heterocycles.